The molecule has 3 nitrogen and oxygen atoms in total. The summed E-state index contributed by atoms with van der Waals surface area (Å²) in [7, 11) is 0. The Balaban J connectivity index is 1.96. The van der Waals surface area contributed by atoms with Gasteiger partial charge < -0.3 is 5.11 Å². The topological polar surface area (TPSA) is 40.5 Å². The van der Waals surface area contributed by atoms with E-state index in [4.69, 9.17) is 12.2 Å². The van der Waals surface area contributed by atoms with Gasteiger partial charge in [-0.1, -0.05) is 60.4 Å². The number of phenols is 1. The zero-order chi connectivity index (χ0) is 14.8. The quantitative estimate of drug-likeness (QED) is 0.676. The lowest BCUT2D eigenvalue weighted by Crippen LogP contribution is -2.27. The first-order valence-electron chi connectivity index (χ1n) is 6.28. The third kappa shape index (κ3) is 2.70. The van der Waals surface area contributed by atoms with E-state index in [1.165, 1.54) is 16.7 Å². The lowest BCUT2D eigenvalue weighted by Gasteiger charge is -2.13. The second-order valence-electron chi connectivity index (χ2n) is 4.41. The molecule has 0 aromatic heterocycles. The molecule has 3 rings (SSSR count). The lowest BCUT2D eigenvalue weighted by atomic mass is 10.2. The highest BCUT2D eigenvalue weighted by molar-refractivity contribution is 8.27. The molecule has 0 atom stereocenters. The molecule has 2 aromatic carbocycles. The van der Waals surface area contributed by atoms with Crippen LogP contribution in [0, 0.1) is 0 Å². The van der Waals surface area contributed by atoms with E-state index in [-0.39, 0.29) is 11.7 Å². The van der Waals surface area contributed by atoms with Gasteiger partial charge in [0.2, 0.25) is 0 Å². The summed E-state index contributed by atoms with van der Waals surface area (Å²) in [6, 6.07) is 16.2. The number of anilines is 1. The zero-order valence-corrected chi connectivity index (χ0v) is 12.5. The fourth-order valence-electron chi connectivity index (χ4n) is 2.02. The SMILES string of the molecule is O=C1/C(=C\c2ccccc2O)SC(=S)N1c1ccccc1. The van der Waals surface area contributed by atoms with Crippen LogP contribution in [-0.2, 0) is 4.79 Å². The number of para-hydroxylation sites is 2. The third-order valence-corrected chi connectivity index (χ3v) is 4.33. The minimum atomic E-state index is -0.167. The van der Waals surface area contributed by atoms with Crippen LogP contribution in [0.25, 0.3) is 6.08 Å². The van der Waals surface area contributed by atoms with Crippen molar-refractivity contribution in [1.29, 1.82) is 0 Å². The van der Waals surface area contributed by atoms with Crippen LogP contribution in [0.3, 0.4) is 0 Å². The number of thiocarbonyl (C=S) groups is 1. The normalized spacial score (nSPS) is 16.8. The molecule has 1 amide bonds. The summed E-state index contributed by atoms with van der Waals surface area (Å²) < 4.78 is 0.493. The molecule has 1 aliphatic heterocycles. The first-order chi connectivity index (χ1) is 10.2. The molecule has 0 bridgehead atoms. The van der Waals surface area contributed by atoms with Crippen molar-refractivity contribution in [3.8, 4) is 5.75 Å². The zero-order valence-electron chi connectivity index (χ0n) is 10.9. The van der Waals surface area contributed by atoms with Gasteiger partial charge in [0.25, 0.3) is 5.91 Å². The van der Waals surface area contributed by atoms with Gasteiger partial charge in [0.05, 0.1) is 10.6 Å². The highest BCUT2D eigenvalue weighted by Gasteiger charge is 2.33. The highest BCUT2D eigenvalue weighted by Crippen LogP contribution is 2.36. The molecule has 0 radical (unpaired) electrons. The van der Waals surface area contributed by atoms with Gasteiger partial charge in [-0.3, -0.25) is 9.69 Å². The average molecular weight is 313 g/mol. The van der Waals surface area contributed by atoms with Crippen molar-refractivity contribution in [2.45, 2.75) is 0 Å². The molecule has 2 aromatic rings. The standard InChI is InChI=1S/C16H11NO2S2/c18-13-9-5-4-6-11(13)10-14-15(19)17(16(20)21-14)12-7-2-1-3-8-12/h1-10,18H/b14-10+. The summed E-state index contributed by atoms with van der Waals surface area (Å²) in [4.78, 5) is 14.5. The smallest absolute Gasteiger partial charge is 0.270 e. The Morgan fingerprint density at radius 1 is 1.05 bits per heavy atom. The van der Waals surface area contributed by atoms with E-state index in [0.717, 1.165) is 5.69 Å². The predicted molar refractivity (Wildman–Crippen MR) is 90.2 cm³/mol. The maximum absolute atomic E-state index is 12.5. The van der Waals surface area contributed by atoms with E-state index in [1.807, 2.05) is 36.4 Å². The number of rotatable bonds is 2. The molecular formula is C16H11NO2S2. The van der Waals surface area contributed by atoms with Gasteiger partial charge in [-0.25, -0.2) is 0 Å². The Morgan fingerprint density at radius 2 is 1.71 bits per heavy atom. The van der Waals surface area contributed by atoms with Gasteiger partial charge in [-0.05, 0) is 24.3 Å². The van der Waals surface area contributed by atoms with Gasteiger partial charge in [0.15, 0.2) is 4.32 Å². The second kappa shape index (κ2) is 5.71. The number of carbonyl (C=O) groups is 1. The fraction of sp³-hybridized carbons (Fsp3) is 0. The van der Waals surface area contributed by atoms with Crippen molar-refractivity contribution in [3.63, 3.8) is 0 Å². The van der Waals surface area contributed by atoms with Crippen LogP contribution in [0.5, 0.6) is 5.75 Å². The number of hydrogen-bond acceptors (Lipinski definition) is 4. The molecule has 1 N–H and O–H groups in total. The Hall–Kier alpha value is -2.11. The molecule has 104 valence electrons. The van der Waals surface area contributed by atoms with E-state index in [1.54, 1.807) is 24.3 Å². The summed E-state index contributed by atoms with van der Waals surface area (Å²) in [5.41, 5.74) is 1.35. The summed E-state index contributed by atoms with van der Waals surface area (Å²) in [5, 5.41) is 9.79. The average Bonchev–Trinajstić information content (AvgIpc) is 2.77. The van der Waals surface area contributed by atoms with Crippen LogP contribution in [0.4, 0.5) is 5.69 Å². The fourth-order valence-corrected chi connectivity index (χ4v) is 3.31. The number of hydrogen-bond donors (Lipinski definition) is 1. The van der Waals surface area contributed by atoms with E-state index in [0.29, 0.717) is 14.8 Å². The number of aromatic hydroxyl groups is 1. The van der Waals surface area contributed by atoms with Gasteiger partial charge >= 0.3 is 0 Å². The van der Waals surface area contributed by atoms with E-state index in [9.17, 15) is 9.90 Å². The largest absolute Gasteiger partial charge is 0.507 e. The number of amides is 1. The summed E-state index contributed by atoms with van der Waals surface area (Å²) in [5.74, 6) is -0.0260. The van der Waals surface area contributed by atoms with Crippen LogP contribution >= 0.6 is 24.0 Å². The monoisotopic (exact) mass is 313 g/mol. The van der Waals surface area contributed by atoms with Crippen molar-refractivity contribution in [2.24, 2.45) is 0 Å². The van der Waals surface area contributed by atoms with Crippen LogP contribution in [0.1, 0.15) is 5.56 Å². The van der Waals surface area contributed by atoms with Crippen molar-refractivity contribution in [2.75, 3.05) is 4.90 Å². The number of nitrogens with zero attached hydrogens (tertiary/aromatic N) is 1. The maximum atomic E-state index is 12.5. The summed E-state index contributed by atoms with van der Waals surface area (Å²) >= 11 is 6.53. The van der Waals surface area contributed by atoms with Gasteiger partial charge in [-0.2, -0.15) is 0 Å². The van der Waals surface area contributed by atoms with Crippen molar-refractivity contribution >= 4 is 46.0 Å². The molecule has 1 aliphatic rings. The van der Waals surface area contributed by atoms with E-state index >= 15 is 0 Å². The van der Waals surface area contributed by atoms with E-state index in [2.05, 4.69) is 0 Å². The lowest BCUT2D eigenvalue weighted by molar-refractivity contribution is -0.113. The van der Waals surface area contributed by atoms with Crippen LogP contribution in [-0.4, -0.2) is 15.3 Å². The molecule has 1 saturated heterocycles. The number of thioether (sulfide) groups is 1. The van der Waals surface area contributed by atoms with Crippen LogP contribution in [0.2, 0.25) is 0 Å². The molecule has 1 fully saturated rings. The minimum Gasteiger partial charge on any atom is -0.507 e. The van der Waals surface area contributed by atoms with Crippen molar-refractivity contribution in [1.82, 2.24) is 0 Å². The minimum absolute atomic E-state index is 0.141. The van der Waals surface area contributed by atoms with Gasteiger partial charge in [-0.15, -0.1) is 0 Å². The Kier molecular flexibility index (Phi) is 3.77. The molecule has 0 spiro atoms. The molecule has 0 aliphatic carbocycles. The predicted octanol–water partition coefficient (Wildman–Crippen LogP) is 3.80. The first kappa shape index (κ1) is 13.9. The molecular weight excluding hydrogens is 302 g/mol. The molecule has 5 heteroatoms. The number of phenolic OH excluding ortho intramolecular Hbond substituents is 1. The molecule has 0 unspecified atom stereocenters. The number of benzene rings is 2. The molecule has 21 heavy (non-hydrogen) atoms. The maximum Gasteiger partial charge on any atom is 0.270 e. The van der Waals surface area contributed by atoms with Crippen LogP contribution < -0.4 is 4.90 Å². The van der Waals surface area contributed by atoms with Gasteiger partial charge in [0.1, 0.15) is 5.75 Å². The van der Waals surface area contributed by atoms with Crippen LogP contribution in [0.15, 0.2) is 59.5 Å². The second-order valence-corrected chi connectivity index (χ2v) is 6.09. The van der Waals surface area contributed by atoms with Gasteiger partial charge in [0, 0.05) is 5.56 Å². The molecule has 0 saturated carbocycles. The summed E-state index contributed by atoms with van der Waals surface area (Å²) in [6.07, 6.45) is 1.66. The molecule has 1 heterocycles. The van der Waals surface area contributed by atoms with Crippen molar-refractivity contribution < 1.29 is 9.90 Å². The Labute approximate surface area is 131 Å². The van der Waals surface area contributed by atoms with Crippen molar-refractivity contribution in [3.05, 3.63) is 65.1 Å². The first-order valence-corrected chi connectivity index (χ1v) is 7.50. The third-order valence-electron chi connectivity index (χ3n) is 3.03. The highest BCUT2D eigenvalue weighted by atomic mass is 32.2. The Morgan fingerprint density at radius 3 is 2.43 bits per heavy atom. The Bertz CT molecular complexity index is 741. The van der Waals surface area contributed by atoms with E-state index < -0.39 is 0 Å². The summed E-state index contributed by atoms with van der Waals surface area (Å²) in [6.45, 7) is 0. The number of carbonyl (C=O) groups excluding carboxylic acids is 1.